The van der Waals surface area contributed by atoms with Crippen molar-refractivity contribution in [3.05, 3.63) is 90.3 Å². The van der Waals surface area contributed by atoms with Crippen LogP contribution in [0.1, 0.15) is 11.1 Å². The number of anilines is 3. The van der Waals surface area contributed by atoms with Gasteiger partial charge >= 0.3 is 0 Å². The van der Waals surface area contributed by atoms with Crippen LogP contribution in [0.15, 0.2) is 79.1 Å². The first kappa shape index (κ1) is 19.5. The Labute approximate surface area is 176 Å². The summed E-state index contributed by atoms with van der Waals surface area (Å²) in [5.74, 6) is 1.61. The smallest absolute Gasteiger partial charge is 0.145 e. The number of hydrogen-bond donors (Lipinski definition) is 2. The van der Waals surface area contributed by atoms with Crippen LogP contribution in [0, 0.1) is 6.92 Å². The lowest BCUT2D eigenvalue weighted by atomic mass is 10.1. The van der Waals surface area contributed by atoms with Crippen molar-refractivity contribution in [2.75, 3.05) is 24.3 Å². The number of nitrogens with one attached hydrogen (secondary N) is 2. The summed E-state index contributed by atoms with van der Waals surface area (Å²) in [4.78, 5) is 8.95. The predicted molar refractivity (Wildman–Crippen MR) is 125 cm³/mol. The molecule has 0 fully saturated rings. The third-order valence-corrected chi connectivity index (χ3v) is 4.88. The molecule has 30 heavy (non-hydrogen) atoms. The highest BCUT2D eigenvalue weighted by Gasteiger charge is 2.11. The second-order valence-corrected chi connectivity index (χ2v) is 6.88. The third-order valence-electron chi connectivity index (χ3n) is 4.88. The maximum atomic E-state index is 5.52. The number of nitrogens with zero attached hydrogens (tertiary/aromatic N) is 2. The second-order valence-electron chi connectivity index (χ2n) is 6.88. The molecule has 0 aliphatic carbocycles. The van der Waals surface area contributed by atoms with E-state index in [0.717, 1.165) is 39.4 Å². The van der Waals surface area contributed by atoms with Crippen molar-refractivity contribution in [3.8, 4) is 5.75 Å². The fourth-order valence-corrected chi connectivity index (χ4v) is 3.31. The largest absolute Gasteiger partial charge is 0.494 e. The van der Waals surface area contributed by atoms with Crippen LogP contribution in [-0.2, 0) is 0 Å². The van der Waals surface area contributed by atoms with Gasteiger partial charge in [-0.05, 0) is 36.8 Å². The van der Waals surface area contributed by atoms with Gasteiger partial charge in [0.2, 0.25) is 0 Å². The Bertz CT molecular complexity index is 1170. The molecule has 0 unspecified atom stereocenters. The van der Waals surface area contributed by atoms with E-state index in [1.165, 1.54) is 5.56 Å². The molecular formula is C25H24N4O. The quantitative estimate of drug-likeness (QED) is 0.412. The SMILES string of the molecule is COc1cccc2c(Nc3ccccc3C)c(C=CCNc3ccccn3)cnc12. The summed E-state index contributed by atoms with van der Waals surface area (Å²) in [6.45, 7) is 2.76. The summed E-state index contributed by atoms with van der Waals surface area (Å²) in [6.07, 6.45) is 7.79. The van der Waals surface area contributed by atoms with Gasteiger partial charge in [-0.1, -0.05) is 48.6 Å². The molecule has 0 saturated heterocycles. The van der Waals surface area contributed by atoms with Crippen molar-refractivity contribution in [1.29, 1.82) is 0 Å². The minimum absolute atomic E-state index is 0.664. The summed E-state index contributed by atoms with van der Waals surface area (Å²) in [5, 5.41) is 7.92. The molecule has 2 aromatic heterocycles. The molecule has 2 N–H and O–H groups in total. The Morgan fingerprint density at radius 1 is 0.967 bits per heavy atom. The lowest BCUT2D eigenvalue weighted by Gasteiger charge is -2.16. The summed E-state index contributed by atoms with van der Waals surface area (Å²) < 4.78 is 5.52. The van der Waals surface area contributed by atoms with E-state index in [1.807, 2.05) is 48.7 Å². The van der Waals surface area contributed by atoms with E-state index in [0.29, 0.717) is 6.54 Å². The van der Waals surface area contributed by atoms with Gasteiger partial charge in [0, 0.05) is 35.6 Å². The zero-order valence-electron chi connectivity index (χ0n) is 17.1. The Morgan fingerprint density at radius 2 is 1.83 bits per heavy atom. The van der Waals surface area contributed by atoms with Crippen molar-refractivity contribution >= 4 is 34.2 Å². The van der Waals surface area contributed by atoms with Crippen molar-refractivity contribution < 1.29 is 4.74 Å². The van der Waals surface area contributed by atoms with Gasteiger partial charge in [0.25, 0.3) is 0 Å². The Morgan fingerprint density at radius 3 is 2.63 bits per heavy atom. The van der Waals surface area contributed by atoms with Crippen LogP contribution in [0.3, 0.4) is 0 Å². The van der Waals surface area contributed by atoms with Crippen LogP contribution in [-0.4, -0.2) is 23.6 Å². The monoisotopic (exact) mass is 396 g/mol. The summed E-state index contributed by atoms with van der Waals surface area (Å²) >= 11 is 0. The lowest BCUT2D eigenvalue weighted by Crippen LogP contribution is -2.01. The maximum Gasteiger partial charge on any atom is 0.145 e. The first-order chi connectivity index (χ1) is 14.8. The molecular weight excluding hydrogens is 372 g/mol. The molecule has 150 valence electrons. The lowest BCUT2D eigenvalue weighted by molar-refractivity contribution is 0.419. The Balaban J connectivity index is 1.69. The normalized spacial score (nSPS) is 11.0. The average molecular weight is 396 g/mol. The molecule has 0 aliphatic rings. The van der Waals surface area contributed by atoms with E-state index in [1.54, 1.807) is 13.3 Å². The van der Waals surface area contributed by atoms with E-state index < -0.39 is 0 Å². The highest BCUT2D eigenvalue weighted by atomic mass is 16.5. The fourth-order valence-electron chi connectivity index (χ4n) is 3.31. The topological polar surface area (TPSA) is 59.1 Å². The zero-order chi connectivity index (χ0) is 20.8. The van der Waals surface area contributed by atoms with Gasteiger partial charge in [-0.15, -0.1) is 0 Å². The molecule has 0 spiro atoms. The van der Waals surface area contributed by atoms with Crippen molar-refractivity contribution in [3.63, 3.8) is 0 Å². The molecule has 5 nitrogen and oxygen atoms in total. The minimum Gasteiger partial charge on any atom is -0.494 e. The van der Waals surface area contributed by atoms with Gasteiger partial charge in [-0.2, -0.15) is 0 Å². The molecule has 2 heterocycles. The average Bonchev–Trinajstić information content (AvgIpc) is 2.79. The molecule has 0 aliphatic heterocycles. The molecule has 5 heteroatoms. The zero-order valence-corrected chi connectivity index (χ0v) is 17.1. The molecule has 4 aromatic rings. The van der Waals surface area contributed by atoms with Crippen molar-refractivity contribution in [2.45, 2.75) is 6.92 Å². The molecule has 2 aromatic carbocycles. The number of ether oxygens (including phenoxy) is 1. The summed E-state index contributed by atoms with van der Waals surface area (Å²) in [6, 6.07) is 20.0. The first-order valence-corrected chi connectivity index (χ1v) is 9.86. The number of benzene rings is 2. The van der Waals surface area contributed by atoms with Crippen LogP contribution < -0.4 is 15.4 Å². The first-order valence-electron chi connectivity index (χ1n) is 9.86. The molecule has 0 radical (unpaired) electrons. The van der Waals surface area contributed by atoms with Gasteiger partial charge < -0.3 is 15.4 Å². The van der Waals surface area contributed by atoms with E-state index in [2.05, 4.69) is 57.9 Å². The highest BCUT2D eigenvalue weighted by molar-refractivity contribution is 6.00. The Hall–Kier alpha value is -3.86. The van der Waals surface area contributed by atoms with Gasteiger partial charge in [0.05, 0.1) is 12.8 Å². The van der Waals surface area contributed by atoms with Crippen LogP contribution in [0.2, 0.25) is 0 Å². The van der Waals surface area contributed by atoms with Crippen LogP contribution in [0.25, 0.3) is 17.0 Å². The number of aryl methyl sites for hydroxylation is 1. The summed E-state index contributed by atoms with van der Waals surface area (Å²) in [5.41, 5.74) is 5.08. The van der Waals surface area contributed by atoms with Crippen molar-refractivity contribution in [2.24, 2.45) is 0 Å². The Kier molecular flexibility index (Phi) is 5.90. The number of aromatic nitrogens is 2. The molecule has 0 saturated carbocycles. The number of hydrogen-bond acceptors (Lipinski definition) is 5. The van der Waals surface area contributed by atoms with Gasteiger partial charge in [0.15, 0.2) is 0 Å². The molecule has 0 amide bonds. The standard InChI is InChI=1S/C25H24N4O/c1-18-9-3-4-12-21(18)29-24-19(10-8-16-27-23-14-5-6-15-26-23)17-28-25-20(24)11-7-13-22(25)30-2/h3-15,17H,16H2,1-2H3,(H,26,27)(H,28,29). The minimum atomic E-state index is 0.664. The summed E-state index contributed by atoms with van der Waals surface area (Å²) in [7, 11) is 1.67. The fraction of sp³-hybridized carbons (Fsp3) is 0.120. The van der Waals surface area contributed by atoms with Gasteiger partial charge in [-0.25, -0.2) is 4.98 Å². The number of pyridine rings is 2. The molecule has 0 bridgehead atoms. The third kappa shape index (κ3) is 4.25. The van der Waals surface area contributed by atoms with E-state index in [-0.39, 0.29) is 0 Å². The number of methoxy groups -OCH3 is 1. The molecule has 4 rings (SSSR count). The number of para-hydroxylation sites is 2. The van der Waals surface area contributed by atoms with Crippen molar-refractivity contribution in [1.82, 2.24) is 9.97 Å². The number of rotatable bonds is 7. The van der Waals surface area contributed by atoms with E-state index in [9.17, 15) is 0 Å². The van der Waals surface area contributed by atoms with Crippen LogP contribution >= 0.6 is 0 Å². The van der Waals surface area contributed by atoms with Crippen LogP contribution in [0.5, 0.6) is 5.75 Å². The van der Waals surface area contributed by atoms with E-state index in [4.69, 9.17) is 4.74 Å². The molecule has 0 atom stereocenters. The number of fused-ring (bicyclic) bond motifs is 1. The second kappa shape index (κ2) is 9.09. The van der Waals surface area contributed by atoms with Gasteiger partial charge in [0.1, 0.15) is 17.1 Å². The highest BCUT2D eigenvalue weighted by Crippen LogP contribution is 2.34. The predicted octanol–water partition coefficient (Wildman–Crippen LogP) is 5.82. The maximum absolute atomic E-state index is 5.52. The van der Waals surface area contributed by atoms with Gasteiger partial charge in [-0.3, -0.25) is 4.98 Å². The van der Waals surface area contributed by atoms with E-state index >= 15 is 0 Å². The van der Waals surface area contributed by atoms with Crippen LogP contribution in [0.4, 0.5) is 17.2 Å².